The van der Waals surface area contributed by atoms with Gasteiger partial charge >= 0.3 is 0 Å². The molecule has 5 rings (SSSR count). The van der Waals surface area contributed by atoms with Gasteiger partial charge in [-0.1, -0.05) is 12.1 Å². The summed E-state index contributed by atoms with van der Waals surface area (Å²) in [6.07, 6.45) is 9.77. The van der Waals surface area contributed by atoms with Gasteiger partial charge in [-0.25, -0.2) is 0 Å². The highest BCUT2D eigenvalue weighted by atomic mass is 14.6. The van der Waals surface area contributed by atoms with Gasteiger partial charge in [0.1, 0.15) is 0 Å². The summed E-state index contributed by atoms with van der Waals surface area (Å²) in [7, 11) is 0. The lowest BCUT2D eigenvalue weighted by atomic mass is 9.42. The van der Waals surface area contributed by atoms with Gasteiger partial charge in [0, 0.05) is 5.69 Å². The molecule has 1 aromatic carbocycles. The minimum atomic E-state index is 0.437. The summed E-state index contributed by atoms with van der Waals surface area (Å²) in [6, 6.07) is 8.75. The Morgan fingerprint density at radius 2 is 1.65 bits per heavy atom. The van der Waals surface area contributed by atoms with E-state index in [1.165, 1.54) is 44.9 Å². The minimum Gasteiger partial charge on any atom is -0.399 e. The Morgan fingerprint density at radius 3 is 2.25 bits per heavy atom. The lowest BCUT2D eigenvalue weighted by Crippen LogP contribution is -2.54. The molecule has 2 nitrogen and oxygen atoms in total. The highest BCUT2D eigenvalue weighted by Gasteiger charge is 2.57. The SMILES string of the molecule is NCCC12CC3CC(C1)CC(c1ccc(N)cc1)(C3)C2. The molecule has 0 amide bonds. The van der Waals surface area contributed by atoms with Crippen molar-refractivity contribution >= 4 is 5.69 Å². The van der Waals surface area contributed by atoms with Crippen molar-refractivity contribution in [3.63, 3.8) is 0 Å². The van der Waals surface area contributed by atoms with Crippen LogP contribution in [0.15, 0.2) is 24.3 Å². The van der Waals surface area contributed by atoms with Crippen LogP contribution in [0.2, 0.25) is 0 Å². The van der Waals surface area contributed by atoms with Crippen LogP contribution >= 0.6 is 0 Å². The van der Waals surface area contributed by atoms with E-state index in [1.54, 1.807) is 5.56 Å². The molecule has 4 bridgehead atoms. The molecule has 0 heterocycles. The summed E-state index contributed by atoms with van der Waals surface area (Å²) in [5.41, 5.74) is 15.2. The molecule has 0 aliphatic heterocycles. The van der Waals surface area contributed by atoms with E-state index in [2.05, 4.69) is 24.3 Å². The molecule has 4 fully saturated rings. The number of anilines is 1. The molecule has 1 aromatic rings. The second-order valence-electron chi connectivity index (χ2n) is 7.90. The van der Waals surface area contributed by atoms with E-state index >= 15 is 0 Å². The van der Waals surface area contributed by atoms with E-state index in [4.69, 9.17) is 11.5 Å². The van der Waals surface area contributed by atoms with Gasteiger partial charge in [-0.05, 0) is 91.9 Å². The van der Waals surface area contributed by atoms with Crippen molar-refractivity contribution in [1.29, 1.82) is 0 Å². The average Bonchev–Trinajstić information content (AvgIpc) is 2.37. The number of nitrogen functional groups attached to an aromatic ring is 1. The lowest BCUT2D eigenvalue weighted by molar-refractivity contribution is -0.0748. The Hall–Kier alpha value is -1.02. The molecule has 0 radical (unpaired) electrons. The number of rotatable bonds is 3. The summed E-state index contributed by atoms with van der Waals surface area (Å²) in [5, 5.41) is 0. The van der Waals surface area contributed by atoms with Gasteiger partial charge in [-0.15, -0.1) is 0 Å². The Kier molecular flexibility index (Phi) is 2.69. The van der Waals surface area contributed by atoms with Crippen LogP contribution in [0.1, 0.15) is 50.5 Å². The molecule has 2 atom stereocenters. The van der Waals surface area contributed by atoms with Crippen LogP contribution in [0.3, 0.4) is 0 Å². The van der Waals surface area contributed by atoms with Crippen LogP contribution in [0, 0.1) is 17.3 Å². The molecule has 2 heteroatoms. The number of nitrogens with two attached hydrogens (primary N) is 2. The normalized spacial score (nSPS) is 42.0. The van der Waals surface area contributed by atoms with Gasteiger partial charge < -0.3 is 11.5 Å². The molecule has 20 heavy (non-hydrogen) atoms. The summed E-state index contributed by atoms with van der Waals surface area (Å²) in [6.45, 7) is 0.858. The first-order valence-corrected chi connectivity index (χ1v) is 8.19. The summed E-state index contributed by atoms with van der Waals surface area (Å²) < 4.78 is 0. The second kappa shape index (κ2) is 4.24. The van der Waals surface area contributed by atoms with Crippen molar-refractivity contribution in [1.82, 2.24) is 0 Å². The molecule has 108 valence electrons. The van der Waals surface area contributed by atoms with Crippen molar-refractivity contribution in [3.8, 4) is 0 Å². The van der Waals surface area contributed by atoms with Crippen molar-refractivity contribution in [3.05, 3.63) is 29.8 Å². The number of hydrogen-bond donors (Lipinski definition) is 2. The number of hydrogen-bond acceptors (Lipinski definition) is 2. The van der Waals surface area contributed by atoms with Crippen LogP contribution < -0.4 is 11.5 Å². The minimum absolute atomic E-state index is 0.437. The van der Waals surface area contributed by atoms with E-state index < -0.39 is 0 Å². The zero-order valence-corrected chi connectivity index (χ0v) is 12.3. The average molecular weight is 270 g/mol. The van der Waals surface area contributed by atoms with Crippen LogP contribution in [-0.2, 0) is 5.41 Å². The van der Waals surface area contributed by atoms with Crippen molar-refractivity contribution < 1.29 is 0 Å². The maximum absolute atomic E-state index is 5.94. The van der Waals surface area contributed by atoms with E-state index in [1.807, 2.05) is 0 Å². The smallest absolute Gasteiger partial charge is 0.0314 e. The third-order valence-corrected chi connectivity index (χ3v) is 6.38. The van der Waals surface area contributed by atoms with E-state index in [0.717, 1.165) is 24.1 Å². The van der Waals surface area contributed by atoms with E-state index in [9.17, 15) is 0 Å². The van der Waals surface area contributed by atoms with Gasteiger partial charge in [0.05, 0.1) is 0 Å². The van der Waals surface area contributed by atoms with Crippen LogP contribution in [0.25, 0.3) is 0 Å². The summed E-state index contributed by atoms with van der Waals surface area (Å²) >= 11 is 0. The van der Waals surface area contributed by atoms with Crippen LogP contribution in [0.5, 0.6) is 0 Å². The zero-order valence-electron chi connectivity index (χ0n) is 12.3. The topological polar surface area (TPSA) is 52.0 Å². The third kappa shape index (κ3) is 1.81. The molecule has 0 saturated heterocycles. The van der Waals surface area contributed by atoms with Gasteiger partial charge in [0.2, 0.25) is 0 Å². The monoisotopic (exact) mass is 270 g/mol. The molecule has 4 aliphatic rings. The maximum Gasteiger partial charge on any atom is 0.0314 e. The Labute approximate surface area is 121 Å². The summed E-state index contributed by atoms with van der Waals surface area (Å²) in [5.74, 6) is 1.89. The van der Waals surface area contributed by atoms with Crippen molar-refractivity contribution in [2.75, 3.05) is 12.3 Å². The van der Waals surface area contributed by atoms with Crippen molar-refractivity contribution in [2.24, 2.45) is 23.0 Å². The van der Waals surface area contributed by atoms with Gasteiger partial charge in [0.15, 0.2) is 0 Å². The first-order valence-electron chi connectivity index (χ1n) is 8.19. The lowest BCUT2D eigenvalue weighted by Gasteiger charge is -2.62. The first-order chi connectivity index (χ1) is 9.63. The molecular weight excluding hydrogens is 244 g/mol. The summed E-state index contributed by atoms with van der Waals surface area (Å²) in [4.78, 5) is 0. The first kappa shape index (κ1) is 12.7. The van der Waals surface area contributed by atoms with Crippen LogP contribution in [-0.4, -0.2) is 6.54 Å². The predicted molar refractivity (Wildman–Crippen MR) is 83.3 cm³/mol. The zero-order chi connectivity index (χ0) is 13.8. The molecule has 4 aliphatic carbocycles. The fraction of sp³-hybridized carbons (Fsp3) is 0.667. The standard InChI is InChI=1S/C18H26N2/c19-6-5-17-8-13-7-14(9-17)11-18(10-13,12-17)15-1-3-16(20)4-2-15/h1-4,13-14H,5-12,19-20H2. The fourth-order valence-electron chi connectivity index (χ4n) is 6.23. The third-order valence-electron chi connectivity index (χ3n) is 6.38. The second-order valence-corrected chi connectivity index (χ2v) is 7.90. The van der Waals surface area contributed by atoms with Gasteiger partial charge in [0.25, 0.3) is 0 Å². The van der Waals surface area contributed by atoms with Gasteiger partial charge in [-0.3, -0.25) is 0 Å². The molecular formula is C18H26N2. The van der Waals surface area contributed by atoms with E-state index in [-0.39, 0.29) is 0 Å². The predicted octanol–water partition coefficient (Wildman–Crippen LogP) is 3.46. The maximum atomic E-state index is 5.94. The quantitative estimate of drug-likeness (QED) is 0.826. The van der Waals surface area contributed by atoms with Gasteiger partial charge in [-0.2, -0.15) is 0 Å². The Bertz CT molecular complexity index is 491. The molecule has 2 unspecified atom stereocenters. The fourth-order valence-corrected chi connectivity index (χ4v) is 6.23. The molecule has 4 saturated carbocycles. The Balaban J connectivity index is 1.73. The molecule has 0 aromatic heterocycles. The Morgan fingerprint density at radius 1 is 1.00 bits per heavy atom. The van der Waals surface area contributed by atoms with Crippen LogP contribution in [0.4, 0.5) is 5.69 Å². The van der Waals surface area contributed by atoms with Crippen molar-refractivity contribution in [2.45, 2.75) is 50.4 Å². The molecule has 4 N–H and O–H groups in total. The molecule has 0 spiro atoms. The number of benzene rings is 1. The largest absolute Gasteiger partial charge is 0.399 e. The highest BCUT2D eigenvalue weighted by molar-refractivity contribution is 5.42. The van der Waals surface area contributed by atoms with E-state index in [0.29, 0.717) is 10.8 Å². The highest BCUT2D eigenvalue weighted by Crippen LogP contribution is 2.66.